The topological polar surface area (TPSA) is 0 Å². The molecule has 0 spiro atoms. The second-order valence-electron chi connectivity index (χ2n) is 2.06. The Morgan fingerprint density at radius 2 is 1.78 bits per heavy atom. The van der Waals surface area contributed by atoms with E-state index in [4.69, 9.17) is 0 Å². The molecule has 0 aliphatic rings. The van der Waals surface area contributed by atoms with E-state index in [2.05, 4.69) is 13.8 Å². The number of unbranched alkanes of at least 4 members (excludes halogenated alkanes) is 2. The maximum absolute atomic E-state index is 2.27. The second kappa shape index (κ2) is 12.5. The van der Waals surface area contributed by atoms with Crippen molar-refractivity contribution in [1.29, 1.82) is 0 Å². The van der Waals surface area contributed by atoms with Crippen LogP contribution in [0.2, 0.25) is 0 Å². The quantitative estimate of drug-likeness (QED) is 0.533. The summed E-state index contributed by atoms with van der Waals surface area (Å²) in [6, 6.07) is 0. The molecule has 0 amide bonds. The van der Waals surface area contributed by atoms with Gasteiger partial charge in [-0.1, -0.05) is 26.7 Å². The van der Waals surface area contributed by atoms with Gasteiger partial charge in [0.1, 0.15) is 0 Å². The summed E-state index contributed by atoms with van der Waals surface area (Å²) >= 11 is 0. The minimum Gasteiger partial charge on any atom is -0.122 e. The van der Waals surface area contributed by atoms with Gasteiger partial charge in [-0.25, -0.2) is 0 Å². The van der Waals surface area contributed by atoms with Crippen LogP contribution in [-0.4, -0.2) is 12.3 Å². The molecular formula is C7H17PPr. The normalized spacial score (nSPS) is 10.0. The Bertz CT molecular complexity index is 33.9. The zero-order chi connectivity index (χ0) is 6.24. The molecule has 0 aromatic heterocycles. The van der Waals surface area contributed by atoms with Gasteiger partial charge in [0.2, 0.25) is 0 Å². The Kier molecular flexibility index (Phi) is 18.5. The van der Waals surface area contributed by atoms with E-state index in [0.717, 1.165) is 0 Å². The van der Waals surface area contributed by atoms with Crippen LogP contribution in [0.25, 0.3) is 0 Å². The molecular weight excluding hydrogens is 256 g/mol. The standard InChI is InChI=1S/C7H17P.Pr/c1-3-5-6-7-8-4-2;/h8H,3-7H2,1-2H3;. The Labute approximate surface area is 94.3 Å². The van der Waals surface area contributed by atoms with E-state index in [0.29, 0.717) is 0 Å². The van der Waals surface area contributed by atoms with E-state index in [1.807, 2.05) is 0 Å². The molecule has 1 radical (unpaired) electrons. The van der Waals surface area contributed by atoms with Crippen LogP contribution >= 0.6 is 8.58 Å². The van der Waals surface area contributed by atoms with Gasteiger partial charge >= 0.3 is 0 Å². The van der Waals surface area contributed by atoms with Gasteiger partial charge in [-0.2, -0.15) is 0 Å². The average molecular weight is 273 g/mol. The fourth-order valence-electron chi connectivity index (χ4n) is 0.677. The maximum Gasteiger partial charge on any atom is 0 e. The smallest absolute Gasteiger partial charge is 0 e. The number of hydrogen-bond acceptors (Lipinski definition) is 0. The van der Waals surface area contributed by atoms with Crippen LogP contribution in [0, 0.1) is 41.3 Å². The van der Waals surface area contributed by atoms with Gasteiger partial charge in [-0.3, -0.25) is 0 Å². The predicted molar refractivity (Wildman–Crippen MR) is 43.2 cm³/mol. The molecule has 9 heavy (non-hydrogen) atoms. The molecule has 0 aromatic rings. The molecule has 0 fully saturated rings. The van der Waals surface area contributed by atoms with E-state index in [1.165, 1.54) is 40.2 Å². The molecule has 0 N–H and O–H groups in total. The Hall–Kier alpha value is 1.79. The summed E-state index contributed by atoms with van der Waals surface area (Å²) in [4.78, 5) is 0. The molecule has 1 unspecified atom stereocenters. The predicted octanol–water partition coefficient (Wildman–Crippen LogP) is 2.88. The van der Waals surface area contributed by atoms with Crippen molar-refractivity contribution in [1.82, 2.24) is 0 Å². The first-order valence-corrected chi connectivity index (χ1v) is 5.04. The number of hydrogen-bond donors (Lipinski definition) is 0. The Morgan fingerprint density at radius 3 is 2.22 bits per heavy atom. The van der Waals surface area contributed by atoms with E-state index < -0.39 is 0 Å². The van der Waals surface area contributed by atoms with Crippen LogP contribution in [0.3, 0.4) is 0 Å². The molecule has 0 aliphatic heterocycles. The first kappa shape index (κ1) is 13.4. The van der Waals surface area contributed by atoms with Crippen LogP contribution in [-0.2, 0) is 0 Å². The molecule has 53 valence electrons. The van der Waals surface area contributed by atoms with Gasteiger partial charge in [-0.15, -0.1) is 8.58 Å². The molecule has 0 nitrogen and oxygen atoms in total. The first-order chi connectivity index (χ1) is 3.91. The fraction of sp³-hybridized carbons (Fsp3) is 1.00. The van der Waals surface area contributed by atoms with E-state index >= 15 is 0 Å². The van der Waals surface area contributed by atoms with Gasteiger partial charge in [0.15, 0.2) is 0 Å². The third kappa shape index (κ3) is 12.9. The average Bonchev–Trinajstić information content (AvgIpc) is 1.81. The molecule has 0 aromatic carbocycles. The van der Waals surface area contributed by atoms with Gasteiger partial charge in [0.05, 0.1) is 0 Å². The Morgan fingerprint density at radius 1 is 1.11 bits per heavy atom. The minimum absolute atomic E-state index is 0. The summed E-state index contributed by atoms with van der Waals surface area (Å²) in [5.74, 6) is 0. The van der Waals surface area contributed by atoms with E-state index in [-0.39, 0.29) is 41.3 Å². The third-order valence-electron chi connectivity index (χ3n) is 1.21. The first-order valence-electron chi connectivity index (χ1n) is 3.62. The van der Waals surface area contributed by atoms with Crippen LogP contribution in [0.1, 0.15) is 33.1 Å². The van der Waals surface area contributed by atoms with Gasteiger partial charge in [0, 0.05) is 41.3 Å². The second-order valence-corrected chi connectivity index (χ2v) is 3.77. The minimum atomic E-state index is 0. The van der Waals surface area contributed by atoms with Gasteiger partial charge in [-0.05, 0) is 18.7 Å². The molecule has 1 atom stereocenters. The molecule has 0 heterocycles. The fourth-order valence-corrected chi connectivity index (χ4v) is 1.53. The molecule has 0 rings (SSSR count). The molecule has 0 bridgehead atoms. The summed E-state index contributed by atoms with van der Waals surface area (Å²) < 4.78 is 0. The van der Waals surface area contributed by atoms with Crippen molar-refractivity contribution in [3.05, 3.63) is 0 Å². The molecule has 0 aliphatic carbocycles. The van der Waals surface area contributed by atoms with Crippen LogP contribution in [0.15, 0.2) is 0 Å². The number of rotatable bonds is 5. The zero-order valence-corrected chi connectivity index (χ0v) is 11.3. The monoisotopic (exact) mass is 273 g/mol. The Balaban J connectivity index is 0. The summed E-state index contributed by atoms with van der Waals surface area (Å²) in [5.41, 5.74) is 0. The molecule has 2 heteroatoms. The van der Waals surface area contributed by atoms with Crippen molar-refractivity contribution in [3.63, 3.8) is 0 Å². The van der Waals surface area contributed by atoms with Crippen molar-refractivity contribution in [2.24, 2.45) is 0 Å². The van der Waals surface area contributed by atoms with Crippen molar-refractivity contribution in [2.75, 3.05) is 12.3 Å². The van der Waals surface area contributed by atoms with E-state index in [9.17, 15) is 0 Å². The van der Waals surface area contributed by atoms with Gasteiger partial charge in [0.25, 0.3) is 0 Å². The van der Waals surface area contributed by atoms with Crippen LogP contribution in [0.4, 0.5) is 0 Å². The summed E-state index contributed by atoms with van der Waals surface area (Å²) in [6.45, 7) is 4.53. The van der Waals surface area contributed by atoms with Crippen LogP contribution in [0.5, 0.6) is 0 Å². The SMILES string of the molecule is CCCCCPCC.[Pr]. The zero-order valence-electron chi connectivity index (χ0n) is 6.61. The van der Waals surface area contributed by atoms with Crippen molar-refractivity contribution >= 4 is 8.58 Å². The summed E-state index contributed by atoms with van der Waals surface area (Å²) in [5, 5.41) is 0. The molecule has 0 saturated carbocycles. The van der Waals surface area contributed by atoms with Crippen molar-refractivity contribution in [2.45, 2.75) is 33.1 Å². The van der Waals surface area contributed by atoms with Crippen molar-refractivity contribution in [3.8, 4) is 0 Å². The van der Waals surface area contributed by atoms with Crippen molar-refractivity contribution < 1.29 is 41.3 Å². The summed E-state index contributed by atoms with van der Waals surface area (Å²) in [6.07, 6.45) is 7.14. The van der Waals surface area contributed by atoms with Crippen LogP contribution < -0.4 is 0 Å². The summed E-state index contributed by atoms with van der Waals surface area (Å²) in [7, 11) is 1.22. The largest absolute Gasteiger partial charge is 0.122 e. The molecule has 0 saturated heterocycles. The maximum atomic E-state index is 2.27. The van der Waals surface area contributed by atoms with Gasteiger partial charge < -0.3 is 0 Å². The van der Waals surface area contributed by atoms with E-state index in [1.54, 1.807) is 0 Å². The third-order valence-corrected chi connectivity index (χ3v) is 2.41.